The normalized spacial score (nSPS) is 18.0. The summed E-state index contributed by atoms with van der Waals surface area (Å²) in [6.45, 7) is 3.40. The molecule has 2 aromatic rings. The van der Waals surface area contributed by atoms with Crippen molar-refractivity contribution in [2.45, 2.75) is 12.3 Å². The van der Waals surface area contributed by atoms with Crippen molar-refractivity contribution in [3.8, 4) is 17.2 Å². The summed E-state index contributed by atoms with van der Waals surface area (Å²) in [5, 5.41) is 2.93. The largest absolute Gasteiger partial charge is 0.492 e. The van der Waals surface area contributed by atoms with E-state index >= 15 is 0 Å². The van der Waals surface area contributed by atoms with Crippen LogP contribution in [0.15, 0.2) is 42.5 Å². The van der Waals surface area contributed by atoms with E-state index in [2.05, 4.69) is 5.32 Å². The smallest absolute Gasteiger partial charge is 0.323 e. The number of urea groups is 1. The minimum absolute atomic E-state index is 0.0521. The van der Waals surface area contributed by atoms with Crippen LogP contribution >= 0.6 is 11.8 Å². The lowest BCUT2D eigenvalue weighted by atomic mass is 10.2. The molecule has 1 saturated heterocycles. The standard InChI is InChI=1S/C19H20N2O4S/c1-2-23-15-6-4-3-5-14(15)20-19(22)21-9-10-26-18(21)13-7-8-16-17(11-13)25-12-24-16/h3-8,11,18H,2,9-10,12H2,1H3,(H,20,22)/t18-/m1/s1. The van der Waals surface area contributed by atoms with Crippen LogP contribution in [0.4, 0.5) is 10.5 Å². The topological polar surface area (TPSA) is 60.0 Å². The van der Waals surface area contributed by atoms with E-state index in [-0.39, 0.29) is 18.2 Å². The summed E-state index contributed by atoms with van der Waals surface area (Å²) in [5.41, 5.74) is 1.71. The Morgan fingerprint density at radius 3 is 3.00 bits per heavy atom. The van der Waals surface area contributed by atoms with E-state index in [4.69, 9.17) is 14.2 Å². The lowest BCUT2D eigenvalue weighted by Gasteiger charge is -2.25. The van der Waals surface area contributed by atoms with Crippen molar-refractivity contribution >= 4 is 23.5 Å². The van der Waals surface area contributed by atoms with Gasteiger partial charge < -0.3 is 24.4 Å². The van der Waals surface area contributed by atoms with Crippen LogP contribution in [-0.4, -0.2) is 36.6 Å². The number of thioether (sulfide) groups is 1. The summed E-state index contributed by atoms with van der Waals surface area (Å²) in [7, 11) is 0. The predicted octanol–water partition coefficient (Wildman–Crippen LogP) is 4.09. The van der Waals surface area contributed by atoms with Gasteiger partial charge in [-0.1, -0.05) is 18.2 Å². The molecule has 0 bridgehead atoms. The second kappa shape index (κ2) is 7.37. The van der Waals surface area contributed by atoms with Gasteiger partial charge in [0.1, 0.15) is 11.1 Å². The van der Waals surface area contributed by atoms with E-state index < -0.39 is 0 Å². The molecule has 0 radical (unpaired) electrons. The van der Waals surface area contributed by atoms with Gasteiger partial charge >= 0.3 is 6.03 Å². The molecule has 1 N–H and O–H groups in total. The zero-order valence-electron chi connectivity index (χ0n) is 14.4. The van der Waals surface area contributed by atoms with Gasteiger partial charge in [0.15, 0.2) is 11.5 Å². The molecule has 2 amide bonds. The molecule has 26 heavy (non-hydrogen) atoms. The highest BCUT2D eigenvalue weighted by atomic mass is 32.2. The van der Waals surface area contributed by atoms with E-state index in [0.717, 1.165) is 22.8 Å². The van der Waals surface area contributed by atoms with E-state index in [9.17, 15) is 4.79 Å². The van der Waals surface area contributed by atoms with Crippen molar-refractivity contribution in [1.29, 1.82) is 0 Å². The molecule has 2 aliphatic heterocycles. The van der Waals surface area contributed by atoms with Crippen LogP contribution in [0, 0.1) is 0 Å². The van der Waals surface area contributed by atoms with Gasteiger partial charge in [-0.25, -0.2) is 4.79 Å². The second-order valence-corrected chi connectivity index (χ2v) is 7.08. The van der Waals surface area contributed by atoms with E-state index in [1.54, 1.807) is 11.8 Å². The number of hydrogen-bond donors (Lipinski definition) is 1. The zero-order valence-corrected chi connectivity index (χ0v) is 15.3. The van der Waals surface area contributed by atoms with Crippen molar-refractivity contribution in [2.24, 2.45) is 0 Å². The molecule has 0 aromatic heterocycles. The fraction of sp³-hybridized carbons (Fsp3) is 0.316. The molecule has 0 aliphatic carbocycles. The number of carbonyl (C=O) groups excluding carboxylic acids is 1. The molecule has 2 aromatic carbocycles. The molecule has 2 heterocycles. The maximum absolute atomic E-state index is 12.9. The van der Waals surface area contributed by atoms with Crippen LogP contribution in [0.2, 0.25) is 0 Å². The fourth-order valence-corrected chi connectivity index (χ4v) is 4.30. The number of benzene rings is 2. The molecule has 136 valence electrons. The summed E-state index contributed by atoms with van der Waals surface area (Å²) in [4.78, 5) is 14.7. The van der Waals surface area contributed by atoms with Crippen LogP contribution in [0.3, 0.4) is 0 Å². The molecular formula is C19H20N2O4S. The van der Waals surface area contributed by atoms with Gasteiger partial charge in [-0.15, -0.1) is 11.8 Å². The number of amides is 2. The zero-order chi connectivity index (χ0) is 17.9. The quantitative estimate of drug-likeness (QED) is 0.876. The average Bonchev–Trinajstić information content (AvgIpc) is 3.32. The number of fused-ring (bicyclic) bond motifs is 1. The van der Waals surface area contributed by atoms with Gasteiger partial charge in [-0.3, -0.25) is 0 Å². The Kier molecular flexibility index (Phi) is 4.79. The first-order chi connectivity index (χ1) is 12.8. The number of ether oxygens (including phenoxy) is 3. The molecular weight excluding hydrogens is 352 g/mol. The third-order valence-electron chi connectivity index (χ3n) is 4.26. The van der Waals surface area contributed by atoms with Crippen LogP contribution in [-0.2, 0) is 0 Å². The number of carbonyl (C=O) groups is 1. The summed E-state index contributed by atoms with van der Waals surface area (Å²) in [6.07, 6.45) is 0. The molecule has 2 aliphatic rings. The molecule has 6 nitrogen and oxygen atoms in total. The Morgan fingerprint density at radius 2 is 2.12 bits per heavy atom. The number of hydrogen-bond acceptors (Lipinski definition) is 5. The van der Waals surface area contributed by atoms with E-state index in [1.165, 1.54) is 0 Å². The van der Waals surface area contributed by atoms with Crippen molar-refractivity contribution in [3.63, 3.8) is 0 Å². The SMILES string of the molecule is CCOc1ccccc1NC(=O)N1CCS[C@@H]1c1ccc2c(c1)OCO2. The maximum atomic E-state index is 12.9. The molecule has 4 rings (SSSR count). The van der Waals surface area contributed by atoms with Gasteiger partial charge in [-0.05, 0) is 36.8 Å². The summed E-state index contributed by atoms with van der Waals surface area (Å²) in [6, 6.07) is 13.2. The molecule has 0 saturated carbocycles. The Morgan fingerprint density at radius 1 is 1.27 bits per heavy atom. The van der Waals surface area contributed by atoms with Crippen LogP contribution in [0.25, 0.3) is 0 Å². The van der Waals surface area contributed by atoms with Gasteiger partial charge in [0.05, 0.1) is 12.3 Å². The molecule has 1 atom stereocenters. The fourth-order valence-electron chi connectivity index (χ4n) is 3.06. The number of nitrogens with zero attached hydrogens (tertiary/aromatic N) is 1. The van der Waals surface area contributed by atoms with Crippen molar-refractivity contribution in [1.82, 2.24) is 4.90 Å². The third-order valence-corrected chi connectivity index (χ3v) is 5.52. The second-order valence-electron chi connectivity index (χ2n) is 5.89. The van der Waals surface area contributed by atoms with Crippen LogP contribution in [0.5, 0.6) is 17.2 Å². The monoisotopic (exact) mass is 372 g/mol. The number of anilines is 1. The Hall–Kier alpha value is -2.54. The minimum Gasteiger partial charge on any atom is -0.492 e. The number of rotatable bonds is 4. The lowest BCUT2D eigenvalue weighted by molar-refractivity contribution is 0.174. The average molecular weight is 372 g/mol. The Balaban J connectivity index is 1.52. The summed E-state index contributed by atoms with van der Waals surface area (Å²) < 4.78 is 16.4. The van der Waals surface area contributed by atoms with Crippen molar-refractivity contribution in [3.05, 3.63) is 48.0 Å². The van der Waals surface area contributed by atoms with Gasteiger partial charge in [-0.2, -0.15) is 0 Å². The molecule has 0 unspecified atom stereocenters. The van der Waals surface area contributed by atoms with Gasteiger partial charge in [0.2, 0.25) is 6.79 Å². The Bertz CT molecular complexity index is 814. The predicted molar refractivity (Wildman–Crippen MR) is 101 cm³/mol. The lowest BCUT2D eigenvalue weighted by Crippen LogP contribution is -2.34. The third kappa shape index (κ3) is 3.26. The van der Waals surface area contributed by atoms with Crippen molar-refractivity contribution < 1.29 is 19.0 Å². The summed E-state index contributed by atoms with van der Waals surface area (Å²) in [5.74, 6) is 3.05. The first-order valence-corrected chi connectivity index (χ1v) is 9.61. The highest BCUT2D eigenvalue weighted by molar-refractivity contribution is 7.99. The first-order valence-electron chi connectivity index (χ1n) is 8.57. The summed E-state index contributed by atoms with van der Waals surface area (Å²) >= 11 is 1.74. The minimum atomic E-state index is -0.134. The molecule has 1 fully saturated rings. The number of nitrogens with one attached hydrogen (secondary N) is 1. The highest BCUT2D eigenvalue weighted by Gasteiger charge is 2.32. The molecule has 7 heteroatoms. The van der Waals surface area contributed by atoms with Gasteiger partial charge in [0, 0.05) is 12.3 Å². The van der Waals surface area contributed by atoms with E-state index in [1.807, 2.05) is 54.3 Å². The maximum Gasteiger partial charge on any atom is 0.323 e. The number of para-hydroxylation sites is 2. The Labute approximate surface area is 156 Å². The van der Waals surface area contributed by atoms with Gasteiger partial charge in [0.25, 0.3) is 0 Å². The first kappa shape index (κ1) is 16.9. The van der Waals surface area contributed by atoms with E-state index in [0.29, 0.717) is 24.6 Å². The van der Waals surface area contributed by atoms with Crippen molar-refractivity contribution in [2.75, 3.05) is 31.0 Å². The van der Waals surface area contributed by atoms with Crippen LogP contribution < -0.4 is 19.5 Å². The highest BCUT2D eigenvalue weighted by Crippen LogP contribution is 2.42. The molecule has 0 spiro atoms. The van der Waals surface area contributed by atoms with Crippen LogP contribution in [0.1, 0.15) is 17.9 Å².